The lowest BCUT2D eigenvalue weighted by molar-refractivity contribution is 0.0659. The lowest BCUT2D eigenvalue weighted by atomic mass is 10.3. The summed E-state index contributed by atoms with van der Waals surface area (Å²) in [6.07, 6.45) is 5.66. The van der Waals surface area contributed by atoms with E-state index in [1.807, 2.05) is 6.92 Å². The average molecular weight is 333 g/mol. The maximum atomic E-state index is 12.2. The highest BCUT2D eigenvalue weighted by Crippen LogP contribution is 2.32. The van der Waals surface area contributed by atoms with Gasteiger partial charge in [-0.05, 0) is 30.8 Å². The summed E-state index contributed by atoms with van der Waals surface area (Å²) in [4.78, 5) is 0.148. The fourth-order valence-electron chi connectivity index (χ4n) is 2.52. The van der Waals surface area contributed by atoms with Gasteiger partial charge in [-0.15, -0.1) is 0 Å². The van der Waals surface area contributed by atoms with Gasteiger partial charge >= 0.3 is 0 Å². The zero-order chi connectivity index (χ0) is 15.3. The Morgan fingerprint density at radius 3 is 2.81 bits per heavy atom. The lowest BCUT2D eigenvalue weighted by Gasteiger charge is -2.12. The van der Waals surface area contributed by atoms with Gasteiger partial charge in [0.1, 0.15) is 9.90 Å². The smallest absolute Gasteiger partial charge is 0.185 e. The second-order valence-electron chi connectivity index (χ2n) is 5.25. The number of hydrogen-bond acceptors (Lipinski definition) is 7. The Hall–Kier alpha value is -0.860. The van der Waals surface area contributed by atoms with Gasteiger partial charge in [0.05, 0.1) is 18.5 Å². The van der Waals surface area contributed by atoms with E-state index in [1.54, 1.807) is 0 Å². The van der Waals surface area contributed by atoms with E-state index in [1.165, 1.54) is 12.8 Å². The highest BCUT2D eigenvalue weighted by molar-refractivity contribution is 7.91. The Kier molecular flexibility index (Phi) is 5.83. The molecule has 2 rings (SSSR count). The molecule has 1 heterocycles. The van der Waals surface area contributed by atoms with Crippen molar-refractivity contribution in [2.24, 2.45) is 0 Å². The molecule has 0 spiro atoms. The van der Waals surface area contributed by atoms with Gasteiger partial charge in [0.15, 0.2) is 15.7 Å². The molecule has 1 aromatic heterocycles. The number of ether oxygens (including phenoxy) is 1. The van der Waals surface area contributed by atoms with E-state index in [-0.39, 0.29) is 16.5 Å². The normalized spacial score (nSPS) is 16.4. The third kappa shape index (κ3) is 4.31. The Morgan fingerprint density at radius 2 is 2.14 bits per heavy atom. The van der Waals surface area contributed by atoms with Crippen molar-refractivity contribution >= 4 is 32.2 Å². The summed E-state index contributed by atoms with van der Waals surface area (Å²) in [7, 11) is -3.36. The molecule has 0 atom stereocenters. The van der Waals surface area contributed by atoms with Crippen LogP contribution < -0.4 is 11.1 Å². The molecule has 0 saturated heterocycles. The molecule has 1 aliphatic rings. The minimum atomic E-state index is -3.36. The first-order valence-corrected chi connectivity index (χ1v) is 9.80. The van der Waals surface area contributed by atoms with Crippen molar-refractivity contribution < 1.29 is 13.2 Å². The first-order valence-electron chi connectivity index (χ1n) is 7.38. The zero-order valence-electron chi connectivity index (χ0n) is 12.3. The average Bonchev–Trinajstić information content (AvgIpc) is 3.04. The summed E-state index contributed by atoms with van der Waals surface area (Å²) in [6.45, 7) is 2.96. The topological polar surface area (TPSA) is 94.3 Å². The standard InChI is InChI=1S/C13H23N3O3S2/c1-2-9-21(17,18)11-12(14)16-20-13(11)15-7-8-19-10-5-3-4-6-10/h10,15H,2-9H2,1H3,(H2,14,16). The molecule has 8 heteroatoms. The third-order valence-electron chi connectivity index (χ3n) is 3.50. The molecular weight excluding hydrogens is 310 g/mol. The molecule has 1 aliphatic carbocycles. The molecule has 21 heavy (non-hydrogen) atoms. The van der Waals surface area contributed by atoms with Crippen molar-refractivity contribution in [3.05, 3.63) is 0 Å². The predicted octanol–water partition coefficient (Wildman–Crippen LogP) is 2.28. The zero-order valence-corrected chi connectivity index (χ0v) is 13.9. The Morgan fingerprint density at radius 1 is 1.43 bits per heavy atom. The van der Waals surface area contributed by atoms with E-state index in [0.29, 0.717) is 30.7 Å². The van der Waals surface area contributed by atoms with Gasteiger partial charge in [0.2, 0.25) is 0 Å². The summed E-state index contributed by atoms with van der Waals surface area (Å²) in [5, 5.41) is 3.62. The number of hydrogen-bond donors (Lipinski definition) is 2. The quantitative estimate of drug-likeness (QED) is 0.709. The largest absolute Gasteiger partial charge is 0.382 e. The van der Waals surface area contributed by atoms with Gasteiger partial charge in [0.25, 0.3) is 0 Å². The minimum absolute atomic E-state index is 0.0862. The summed E-state index contributed by atoms with van der Waals surface area (Å²) in [6, 6.07) is 0. The first-order chi connectivity index (χ1) is 10.0. The van der Waals surface area contributed by atoms with Crippen LogP contribution in [0.4, 0.5) is 10.8 Å². The van der Waals surface area contributed by atoms with Crippen LogP contribution in [0.3, 0.4) is 0 Å². The molecule has 6 nitrogen and oxygen atoms in total. The second kappa shape index (κ2) is 7.42. The Labute approximate surface area is 130 Å². The summed E-state index contributed by atoms with van der Waals surface area (Å²) in [5.41, 5.74) is 5.71. The van der Waals surface area contributed by atoms with Crippen LogP contribution in [0.1, 0.15) is 39.0 Å². The lowest BCUT2D eigenvalue weighted by Crippen LogP contribution is -2.16. The molecular formula is C13H23N3O3S2. The molecule has 0 bridgehead atoms. The molecule has 0 aromatic carbocycles. The van der Waals surface area contributed by atoms with E-state index in [4.69, 9.17) is 10.5 Å². The van der Waals surface area contributed by atoms with E-state index >= 15 is 0 Å². The van der Waals surface area contributed by atoms with Gasteiger partial charge < -0.3 is 15.8 Å². The van der Waals surface area contributed by atoms with Crippen LogP contribution in [0.25, 0.3) is 0 Å². The fraction of sp³-hybridized carbons (Fsp3) is 0.769. The van der Waals surface area contributed by atoms with Crippen LogP contribution in [0.5, 0.6) is 0 Å². The predicted molar refractivity (Wildman–Crippen MR) is 85.6 cm³/mol. The number of rotatable bonds is 8. The van der Waals surface area contributed by atoms with Gasteiger partial charge in [-0.1, -0.05) is 19.8 Å². The van der Waals surface area contributed by atoms with Crippen LogP contribution in [-0.2, 0) is 14.6 Å². The molecule has 0 radical (unpaired) electrons. The molecule has 0 amide bonds. The minimum Gasteiger partial charge on any atom is -0.382 e. The maximum absolute atomic E-state index is 12.2. The third-order valence-corrected chi connectivity index (χ3v) is 6.43. The molecule has 3 N–H and O–H groups in total. The SMILES string of the molecule is CCCS(=O)(=O)c1c(N)nsc1NCCOC1CCCC1. The first kappa shape index (κ1) is 16.5. The number of nitrogen functional groups attached to an aromatic ring is 1. The molecule has 120 valence electrons. The van der Waals surface area contributed by atoms with Crippen LogP contribution in [0.2, 0.25) is 0 Å². The molecule has 0 unspecified atom stereocenters. The van der Waals surface area contributed by atoms with Crippen molar-refractivity contribution in [2.45, 2.75) is 50.0 Å². The van der Waals surface area contributed by atoms with Crippen LogP contribution in [0.15, 0.2) is 4.90 Å². The van der Waals surface area contributed by atoms with Crippen LogP contribution in [0, 0.1) is 0 Å². The Balaban J connectivity index is 1.91. The molecule has 0 aliphatic heterocycles. The molecule has 1 saturated carbocycles. The van der Waals surface area contributed by atoms with Gasteiger partial charge in [-0.3, -0.25) is 0 Å². The summed E-state index contributed by atoms with van der Waals surface area (Å²) < 4.78 is 34.1. The number of nitrogens with one attached hydrogen (secondary N) is 1. The summed E-state index contributed by atoms with van der Waals surface area (Å²) >= 11 is 1.09. The van der Waals surface area contributed by atoms with Crippen LogP contribution in [-0.4, -0.2) is 37.8 Å². The number of aromatic nitrogens is 1. The van der Waals surface area contributed by atoms with Gasteiger partial charge in [0, 0.05) is 6.54 Å². The van der Waals surface area contributed by atoms with Gasteiger partial charge in [-0.2, -0.15) is 4.37 Å². The van der Waals surface area contributed by atoms with Crippen LogP contribution >= 0.6 is 11.5 Å². The van der Waals surface area contributed by atoms with E-state index < -0.39 is 9.84 Å². The van der Waals surface area contributed by atoms with Crippen molar-refractivity contribution in [3.8, 4) is 0 Å². The number of nitrogens with two attached hydrogens (primary N) is 1. The van der Waals surface area contributed by atoms with Crippen molar-refractivity contribution in [2.75, 3.05) is 30.0 Å². The Bertz CT molecular complexity index is 551. The highest BCUT2D eigenvalue weighted by atomic mass is 32.2. The monoisotopic (exact) mass is 333 g/mol. The van der Waals surface area contributed by atoms with E-state index in [9.17, 15) is 8.42 Å². The maximum Gasteiger partial charge on any atom is 0.185 e. The second-order valence-corrected chi connectivity index (χ2v) is 8.07. The molecule has 1 aromatic rings. The number of sulfone groups is 1. The van der Waals surface area contributed by atoms with Gasteiger partial charge in [-0.25, -0.2) is 8.42 Å². The number of anilines is 2. The highest BCUT2D eigenvalue weighted by Gasteiger charge is 2.24. The van der Waals surface area contributed by atoms with Crippen molar-refractivity contribution in [3.63, 3.8) is 0 Å². The molecule has 1 fully saturated rings. The van der Waals surface area contributed by atoms with E-state index in [2.05, 4.69) is 9.69 Å². The van der Waals surface area contributed by atoms with Crippen molar-refractivity contribution in [1.29, 1.82) is 0 Å². The number of nitrogens with zero attached hydrogens (tertiary/aromatic N) is 1. The van der Waals surface area contributed by atoms with E-state index in [0.717, 1.165) is 24.4 Å². The fourth-order valence-corrected chi connectivity index (χ4v) is 5.17. The summed E-state index contributed by atoms with van der Waals surface area (Å²) in [5.74, 6) is 0.177. The van der Waals surface area contributed by atoms with Crippen molar-refractivity contribution in [1.82, 2.24) is 4.37 Å².